The van der Waals surface area contributed by atoms with E-state index in [1.807, 2.05) is 4.90 Å². The van der Waals surface area contributed by atoms with Crippen molar-refractivity contribution >= 4 is 28.2 Å². The third-order valence-electron chi connectivity index (χ3n) is 5.57. The third kappa shape index (κ3) is 2.43. The molecule has 1 aliphatic carbocycles. The molecule has 2 aromatic rings. The number of nitrogen functional groups attached to an aromatic ring is 1. The molecule has 9 heteroatoms. The number of anilines is 1. The van der Waals surface area contributed by atoms with Gasteiger partial charge in [0.25, 0.3) is 5.56 Å². The van der Waals surface area contributed by atoms with Gasteiger partial charge in [-0.1, -0.05) is 18.5 Å². The highest BCUT2D eigenvalue weighted by Gasteiger charge is 2.34. The summed E-state index contributed by atoms with van der Waals surface area (Å²) in [6, 6.07) is 1.08. The molecule has 2 heterocycles. The Morgan fingerprint density at radius 2 is 2.00 bits per heavy atom. The number of halogens is 2. The van der Waals surface area contributed by atoms with Crippen LogP contribution in [0.4, 0.5) is 10.1 Å². The minimum Gasteiger partial charge on any atom is -0.367 e. The molecule has 1 saturated heterocycles. The fourth-order valence-corrected chi connectivity index (χ4v) is 4.31. The molecule has 0 spiro atoms. The summed E-state index contributed by atoms with van der Waals surface area (Å²) in [6.45, 7) is 3.78. The lowest BCUT2D eigenvalue weighted by molar-refractivity contribution is 0.463. The fourth-order valence-electron chi connectivity index (χ4n) is 3.91. The van der Waals surface area contributed by atoms with Crippen molar-refractivity contribution in [2.45, 2.75) is 25.8 Å². The molecule has 2 fully saturated rings. The molecule has 1 saturated carbocycles. The molecule has 4 N–H and O–H groups in total. The van der Waals surface area contributed by atoms with E-state index in [1.165, 1.54) is 4.57 Å². The second-order valence-corrected chi connectivity index (χ2v) is 7.73. The third-order valence-corrected chi connectivity index (χ3v) is 5.93. The van der Waals surface area contributed by atoms with Gasteiger partial charge in [0.1, 0.15) is 5.82 Å². The summed E-state index contributed by atoms with van der Waals surface area (Å²) >= 11 is 6.58. The van der Waals surface area contributed by atoms with E-state index in [1.54, 1.807) is 0 Å². The lowest BCUT2D eigenvalue weighted by atomic mass is 9.99. The maximum absolute atomic E-state index is 14.9. The quantitative estimate of drug-likeness (QED) is 0.774. The van der Waals surface area contributed by atoms with Gasteiger partial charge >= 0.3 is 5.69 Å². The van der Waals surface area contributed by atoms with Gasteiger partial charge in [-0.25, -0.2) is 9.18 Å². The van der Waals surface area contributed by atoms with E-state index >= 15 is 0 Å². The van der Waals surface area contributed by atoms with Crippen molar-refractivity contribution in [1.82, 2.24) is 9.24 Å². The van der Waals surface area contributed by atoms with Gasteiger partial charge in [-0.3, -0.25) is 9.36 Å². The Morgan fingerprint density at radius 3 is 2.58 bits per heavy atom. The standard InChI is InChI=1S/C17H21ClFN5O2/c1-8-6-22(7-9(8)5-20)15-12(19)4-11-14(13(15)18)23(10-2-3-10)17(26)24(21)16(11)25/h4,8-10H,2-3,5-7,20-21H2,1H3/t8-,9-/m0/s1. The molecule has 4 rings (SSSR count). The van der Waals surface area contributed by atoms with E-state index < -0.39 is 17.1 Å². The van der Waals surface area contributed by atoms with E-state index in [9.17, 15) is 14.0 Å². The van der Waals surface area contributed by atoms with Crippen LogP contribution in [0.3, 0.4) is 0 Å². The Hall–Kier alpha value is -2.06. The second-order valence-electron chi connectivity index (χ2n) is 7.35. The summed E-state index contributed by atoms with van der Waals surface area (Å²) in [5, 5.41) is 0.111. The maximum Gasteiger partial charge on any atom is 0.350 e. The molecule has 0 amide bonds. The molecule has 0 unspecified atom stereocenters. The molecular weight excluding hydrogens is 361 g/mol. The van der Waals surface area contributed by atoms with E-state index in [-0.39, 0.29) is 33.6 Å². The van der Waals surface area contributed by atoms with Crippen molar-refractivity contribution in [3.05, 3.63) is 37.7 Å². The van der Waals surface area contributed by atoms with Crippen molar-refractivity contribution in [3.8, 4) is 0 Å². The van der Waals surface area contributed by atoms with Crippen LogP contribution < -0.4 is 27.7 Å². The van der Waals surface area contributed by atoms with Crippen LogP contribution in [0.1, 0.15) is 25.8 Å². The van der Waals surface area contributed by atoms with Gasteiger partial charge in [0.2, 0.25) is 0 Å². The Bertz CT molecular complexity index is 1010. The maximum atomic E-state index is 14.9. The average Bonchev–Trinajstić information content (AvgIpc) is 3.37. The van der Waals surface area contributed by atoms with E-state index in [0.717, 1.165) is 18.9 Å². The fraction of sp³-hybridized carbons (Fsp3) is 0.529. The predicted octanol–water partition coefficient (Wildman–Crippen LogP) is 1.04. The summed E-state index contributed by atoms with van der Waals surface area (Å²) in [4.78, 5) is 26.8. The predicted molar refractivity (Wildman–Crippen MR) is 99.8 cm³/mol. The van der Waals surface area contributed by atoms with Crippen LogP contribution in [0.5, 0.6) is 0 Å². The minimum absolute atomic E-state index is 0.0212. The van der Waals surface area contributed by atoms with Gasteiger partial charge < -0.3 is 16.5 Å². The summed E-state index contributed by atoms with van der Waals surface area (Å²) in [5.41, 5.74) is 4.93. The Labute approximate surface area is 153 Å². The molecule has 1 aliphatic heterocycles. The van der Waals surface area contributed by atoms with Crippen molar-refractivity contribution in [2.24, 2.45) is 17.6 Å². The normalized spacial score (nSPS) is 23.2. The molecule has 7 nitrogen and oxygen atoms in total. The molecule has 140 valence electrons. The topological polar surface area (TPSA) is 99.3 Å². The second kappa shape index (κ2) is 5.99. The Balaban J connectivity index is 2.00. The molecule has 0 radical (unpaired) electrons. The van der Waals surface area contributed by atoms with Crippen LogP contribution in [0.2, 0.25) is 5.02 Å². The summed E-state index contributed by atoms with van der Waals surface area (Å²) < 4.78 is 16.9. The monoisotopic (exact) mass is 381 g/mol. The van der Waals surface area contributed by atoms with Crippen LogP contribution in [0, 0.1) is 17.7 Å². The zero-order chi connectivity index (χ0) is 18.7. The Kier molecular flexibility index (Phi) is 4.00. The number of hydrogen-bond acceptors (Lipinski definition) is 5. The Morgan fingerprint density at radius 1 is 1.31 bits per heavy atom. The number of fused-ring (bicyclic) bond motifs is 1. The van der Waals surface area contributed by atoms with Gasteiger partial charge in [-0.15, -0.1) is 0 Å². The van der Waals surface area contributed by atoms with Crippen molar-refractivity contribution in [3.63, 3.8) is 0 Å². The van der Waals surface area contributed by atoms with Gasteiger partial charge in [-0.2, -0.15) is 4.68 Å². The summed E-state index contributed by atoms with van der Waals surface area (Å²) in [6.07, 6.45) is 1.60. The molecule has 26 heavy (non-hydrogen) atoms. The molecule has 1 aromatic heterocycles. The van der Waals surface area contributed by atoms with E-state index in [0.29, 0.717) is 30.2 Å². The molecule has 2 aliphatic rings. The number of benzene rings is 1. The number of nitrogens with zero attached hydrogens (tertiary/aromatic N) is 3. The van der Waals surface area contributed by atoms with Gasteiger partial charge in [0, 0.05) is 19.1 Å². The number of nitrogens with two attached hydrogens (primary N) is 2. The smallest absolute Gasteiger partial charge is 0.350 e. The van der Waals surface area contributed by atoms with Gasteiger partial charge in [0.05, 0.1) is 21.6 Å². The van der Waals surface area contributed by atoms with Gasteiger partial charge in [0.15, 0.2) is 0 Å². The first-order valence-corrected chi connectivity index (χ1v) is 9.12. The summed E-state index contributed by atoms with van der Waals surface area (Å²) in [7, 11) is 0. The lowest BCUT2D eigenvalue weighted by Gasteiger charge is -2.23. The van der Waals surface area contributed by atoms with Crippen molar-refractivity contribution in [2.75, 3.05) is 30.4 Å². The van der Waals surface area contributed by atoms with Crippen LogP contribution in [0.25, 0.3) is 10.9 Å². The first-order chi connectivity index (χ1) is 12.3. The first-order valence-electron chi connectivity index (χ1n) is 8.74. The number of rotatable bonds is 3. The molecule has 0 bridgehead atoms. The molecule has 1 aromatic carbocycles. The number of aromatic nitrogens is 2. The largest absolute Gasteiger partial charge is 0.367 e. The van der Waals surface area contributed by atoms with Crippen LogP contribution in [-0.2, 0) is 0 Å². The van der Waals surface area contributed by atoms with Crippen LogP contribution >= 0.6 is 11.6 Å². The lowest BCUT2D eigenvalue weighted by Crippen LogP contribution is -2.44. The highest BCUT2D eigenvalue weighted by molar-refractivity contribution is 6.38. The first kappa shape index (κ1) is 17.4. The number of hydrogen-bond donors (Lipinski definition) is 2. The minimum atomic E-state index is -0.746. The molecular formula is C17H21ClFN5O2. The zero-order valence-electron chi connectivity index (χ0n) is 14.4. The van der Waals surface area contributed by atoms with Gasteiger partial charge in [-0.05, 0) is 37.3 Å². The highest BCUT2D eigenvalue weighted by atomic mass is 35.5. The zero-order valence-corrected chi connectivity index (χ0v) is 15.2. The van der Waals surface area contributed by atoms with Crippen LogP contribution in [-0.4, -0.2) is 28.9 Å². The SMILES string of the molecule is C[C@H]1CN(c2c(F)cc3c(=O)n(N)c(=O)n(C4CC4)c3c2Cl)C[C@@H]1CN. The molecule has 2 atom stereocenters. The van der Waals surface area contributed by atoms with Crippen molar-refractivity contribution in [1.29, 1.82) is 0 Å². The highest BCUT2D eigenvalue weighted by Crippen LogP contribution is 2.42. The summed E-state index contributed by atoms with van der Waals surface area (Å²) in [5.74, 6) is 5.56. The van der Waals surface area contributed by atoms with Crippen LogP contribution in [0.15, 0.2) is 15.7 Å². The average molecular weight is 382 g/mol. The van der Waals surface area contributed by atoms with E-state index in [2.05, 4.69) is 6.92 Å². The van der Waals surface area contributed by atoms with E-state index in [4.69, 9.17) is 23.2 Å². The van der Waals surface area contributed by atoms with Crippen molar-refractivity contribution < 1.29 is 4.39 Å².